The maximum Gasteiger partial charge on any atom is 0.0218 e. The highest BCUT2D eigenvalue weighted by Gasteiger charge is 2.10. The van der Waals surface area contributed by atoms with Crippen molar-refractivity contribution in [3.63, 3.8) is 0 Å². The summed E-state index contributed by atoms with van der Waals surface area (Å²) in [7, 11) is 2.11. The zero-order valence-electron chi connectivity index (χ0n) is 8.64. The van der Waals surface area contributed by atoms with Crippen LogP contribution < -0.4 is 5.73 Å². The Kier molecular flexibility index (Phi) is 6.03. The molecule has 0 saturated carbocycles. The predicted octanol–water partition coefficient (Wildman–Crippen LogP) is 1.62. The summed E-state index contributed by atoms with van der Waals surface area (Å²) >= 11 is 0. The molecule has 12 heavy (non-hydrogen) atoms. The predicted molar refractivity (Wildman–Crippen MR) is 55.2 cm³/mol. The van der Waals surface area contributed by atoms with Crippen LogP contribution in [0.2, 0.25) is 0 Å². The molecule has 0 aliphatic heterocycles. The van der Waals surface area contributed by atoms with Gasteiger partial charge in [-0.05, 0) is 20.4 Å². The van der Waals surface area contributed by atoms with E-state index in [0.717, 1.165) is 13.1 Å². The minimum atomic E-state index is 0.520. The normalized spacial score (nSPS) is 13.4. The first-order valence-corrected chi connectivity index (χ1v) is 4.66. The Morgan fingerprint density at radius 1 is 1.58 bits per heavy atom. The van der Waals surface area contributed by atoms with Crippen molar-refractivity contribution in [2.24, 2.45) is 5.73 Å². The molecule has 2 N–H and O–H groups in total. The molecule has 0 aliphatic carbocycles. The Morgan fingerprint density at radius 3 is 2.50 bits per heavy atom. The van der Waals surface area contributed by atoms with Crippen LogP contribution in [0.3, 0.4) is 0 Å². The Bertz CT molecular complexity index is 132. The molecule has 0 aliphatic rings. The molecule has 0 fully saturated rings. The Hall–Kier alpha value is -0.340. The summed E-state index contributed by atoms with van der Waals surface area (Å²) < 4.78 is 0. The van der Waals surface area contributed by atoms with E-state index in [-0.39, 0.29) is 0 Å². The van der Waals surface area contributed by atoms with Crippen molar-refractivity contribution in [1.29, 1.82) is 0 Å². The lowest BCUT2D eigenvalue weighted by Gasteiger charge is -2.26. The molecule has 0 spiro atoms. The second-order valence-corrected chi connectivity index (χ2v) is 3.55. The summed E-state index contributed by atoms with van der Waals surface area (Å²) in [5.74, 6) is 0. The highest BCUT2D eigenvalue weighted by molar-refractivity contribution is 4.92. The smallest absolute Gasteiger partial charge is 0.0218 e. The van der Waals surface area contributed by atoms with Crippen LogP contribution in [0.15, 0.2) is 12.2 Å². The summed E-state index contributed by atoms with van der Waals surface area (Å²) in [6, 6.07) is 0.520. The van der Waals surface area contributed by atoms with Crippen molar-refractivity contribution < 1.29 is 0 Å². The fraction of sp³-hybridized carbons (Fsp3) is 0.800. The Balaban J connectivity index is 3.84. The van der Waals surface area contributed by atoms with Gasteiger partial charge < -0.3 is 5.73 Å². The van der Waals surface area contributed by atoms with Crippen molar-refractivity contribution in [3.05, 3.63) is 12.2 Å². The minimum Gasteiger partial charge on any atom is -0.329 e. The van der Waals surface area contributed by atoms with Crippen LogP contribution in [0.4, 0.5) is 0 Å². The number of hydrogen-bond donors (Lipinski definition) is 1. The van der Waals surface area contributed by atoms with E-state index in [4.69, 9.17) is 5.73 Å². The van der Waals surface area contributed by atoms with Gasteiger partial charge in [0.15, 0.2) is 0 Å². The summed E-state index contributed by atoms with van der Waals surface area (Å²) in [4.78, 5) is 2.28. The third-order valence-electron chi connectivity index (χ3n) is 2.04. The number of nitrogens with two attached hydrogens (primary N) is 1. The topological polar surface area (TPSA) is 29.3 Å². The molecule has 0 aromatic heterocycles. The summed E-state index contributed by atoms with van der Waals surface area (Å²) in [5, 5.41) is 0. The number of rotatable bonds is 6. The summed E-state index contributed by atoms with van der Waals surface area (Å²) in [6.07, 6.45) is 2.38. The van der Waals surface area contributed by atoms with Crippen molar-refractivity contribution in [2.75, 3.05) is 20.1 Å². The largest absolute Gasteiger partial charge is 0.329 e. The molecule has 2 heteroatoms. The van der Waals surface area contributed by atoms with E-state index < -0.39 is 0 Å². The quantitative estimate of drug-likeness (QED) is 0.614. The van der Waals surface area contributed by atoms with Crippen LogP contribution in [0.5, 0.6) is 0 Å². The van der Waals surface area contributed by atoms with Crippen molar-refractivity contribution in [2.45, 2.75) is 32.7 Å². The van der Waals surface area contributed by atoms with Crippen LogP contribution in [-0.4, -0.2) is 31.1 Å². The standard InChI is InChI=1S/C10H22N2/c1-5-6-10(7-11)12(4)8-9(2)3/h10H,2,5-8,11H2,1,3-4H3. The maximum atomic E-state index is 5.66. The van der Waals surface area contributed by atoms with E-state index in [0.29, 0.717) is 6.04 Å². The highest BCUT2D eigenvalue weighted by atomic mass is 15.1. The SMILES string of the molecule is C=C(C)CN(C)C(CN)CCC. The van der Waals surface area contributed by atoms with Crippen molar-refractivity contribution >= 4 is 0 Å². The average Bonchev–Trinajstić information content (AvgIpc) is 1.98. The lowest BCUT2D eigenvalue weighted by molar-refractivity contribution is 0.252. The Labute approximate surface area is 76.4 Å². The molecule has 0 rings (SSSR count). The molecule has 1 atom stereocenters. The highest BCUT2D eigenvalue weighted by Crippen LogP contribution is 2.05. The van der Waals surface area contributed by atoms with Gasteiger partial charge >= 0.3 is 0 Å². The monoisotopic (exact) mass is 170 g/mol. The van der Waals surface area contributed by atoms with Gasteiger partial charge in [0.1, 0.15) is 0 Å². The summed E-state index contributed by atoms with van der Waals surface area (Å²) in [5.41, 5.74) is 6.87. The van der Waals surface area contributed by atoms with E-state index in [1.165, 1.54) is 18.4 Å². The van der Waals surface area contributed by atoms with Crippen LogP contribution in [-0.2, 0) is 0 Å². The maximum absolute atomic E-state index is 5.66. The molecular weight excluding hydrogens is 148 g/mol. The van der Waals surface area contributed by atoms with E-state index in [9.17, 15) is 0 Å². The average molecular weight is 170 g/mol. The van der Waals surface area contributed by atoms with Crippen LogP contribution in [0, 0.1) is 0 Å². The second kappa shape index (κ2) is 6.21. The molecule has 72 valence electrons. The number of likely N-dealkylation sites (N-methyl/N-ethyl adjacent to an activating group) is 1. The van der Waals surface area contributed by atoms with E-state index in [2.05, 4.69) is 32.4 Å². The third-order valence-corrected chi connectivity index (χ3v) is 2.04. The lowest BCUT2D eigenvalue weighted by Crippen LogP contribution is -2.38. The van der Waals surface area contributed by atoms with Crippen LogP contribution in [0.1, 0.15) is 26.7 Å². The van der Waals surface area contributed by atoms with Gasteiger partial charge in [-0.2, -0.15) is 0 Å². The van der Waals surface area contributed by atoms with Gasteiger partial charge in [-0.3, -0.25) is 4.90 Å². The molecule has 0 saturated heterocycles. The van der Waals surface area contributed by atoms with E-state index in [1.54, 1.807) is 0 Å². The van der Waals surface area contributed by atoms with Gasteiger partial charge in [0.2, 0.25) is 0 Å². The fourth-order valence-electron chi connectivity index (χ4n) is 1.41. The van der Waals surface area contributed by atoms with Crippen molar-refractivity contribution in [3.8, 4) is 0 Å². The zero-order valence-corrected chi connectivity index (χ0v) is 8.64. The first kappa shape index (κ1) is 11.7. The molecule has 0 radical (unpaired) electrons. The van der Waals surface area contributed by atoms with Gasteiger partial charge in [-0.1, -0.05) is 25.5 Å². The number of hydrogen-bond acceptors (Lipinski definition) is 2. The van der Waals surface area contributed by atoms with Crippen molar-refractivity contribution in [1.82, 2.24) is 4.90 Å². The molecule has 0 aromatic carbocycles. The molecule has 0 bridgehead atoms. The first-order valence-electron chi connectivity index (χ1n) is 4.66. The molecule has 0 amide bonds. The van der Waals surface area contributed by atoms with Crippen LogP contribution in [0.25, 0.3) is 0 Å². The fourth-order valence-corrected chi connectivity index (χ4v) is 1.41. The van der Waals surface area contributed by atoms with Gasteiger partial charge in [0.05, 0.1) is 0 Å². The molecule has 0 aromatic rings. The van der Waals surface area contributed by atoms with Crippen LogP contribution >= 0.6 is 0 Å². The second-order valence-electron chi connectivity index (χ2n) is 3.55. The molecule has 0 heterocycles. The minimum absolute atomic E-state index is 0.520. The Morgan fingerprint density at radius 2 is 2.17 bits per heavy atom. The first-order chi connectivity index (χ1) is 5.61. The number of nitrogens with zero attached hydrogens (tertiary/aromatic N) is 1. The van der Waals surface area contributed by atoms with Gasteiger partial charge in [0.25, 0.3) is 0 Å². The van der Waals surface area contributed by atoms with Gasteiger partial charge in [0, 0.05) is 19.1 Å². The summed E-state index contributed by atoms with van der Waals surface area (Å²) in [6.45, 7) is 9.84. The molecule has 1 unspecified atom stereocenters. The van der Waals surface area contributed by atoms with Gasteiger partial charge in [-0.25, -0.2) is 0 Å². The molecular formula is C10H22N2. The van der Waals surface area contributed by atoms with E-state index in [1.807, 2.05) is 0 Å². The van der Waals surface area contributed by atoms with E-state index >= 15 is 0 Å². The molecule has 2 nitrogen and oxygen atoms in total. The van der Waals surface area contributed by atoms with Gasteiger partial charge in [-0.15, -0.1) is 0 Å². The third kappa shape index (κ3) is 4.52. The zero-order chi connectivity index (χ0) is 9.56. The lowest BCUT2D eigenvalue weighted by atomic mass is 10.1.